The zero-order valence-corrected chi connectivity index (χ0v) is 23.2. The van der Waals surface area contributed by atoms with Crippen LogP contribution in [0.5, 0.6) is 11.5 Å². The van der Waals surface area contributed by atoms with Gasteiger partial charge in [0.25, 0.3) is 11.8 Å². The van der Waals surface area contributed by atoms with Crippen molar-refractivity contribution in [3.63, 3.8) is 0 Å². The highest BCUT2D eigenvalue weighted by Crippen LogP contribution is 2.34. The van der Waals surface area contributed by atoms with Gasteiger partial charge in [0.05, 0.1) is 28.5 Å². The smallest absolute Gasteiger partial charge is 0.262 e. The van der Waals surface area contributed by atoms with Crippen molar-refractivity contribution < 1.29 is 23.5 Å². The first kappa shape index (κ1) is 28.6. The van der Waals surface area contributed by atoms with Crippen molar-refractivity contribution in [1.82, 2.24) is 10.7 Å². The number of hydrogen-bond donors (Lipinski definition) is 2. The lowest BCUT2D eigenvalue weighted by molar-refractivity contribution is -0.123. The molecule has 0 spiro atoms. The first-order valence-electron chi connectivity index (χ1n) is 11.6. The van der Waals surface area contributed by atoms with Crippen molar-refractivity contribution in [3.05, 3.63) is 92.3 Å². The number of hydrogen-bond acceptors (Lipinski definition) is 6. The highest BCUT2D eigenvalue weighted by atomic mass is 127. The molecule has 0 heterocycles. The molecule has 8 nitrogen and oxygen atoms in total. The third kappa shape index (κ3) is 7.52. The van der Waals surface area contributed by atoms with Crippen LogP contribution < -0.4 is 20.2 Å². The molecule has 0 aliphatic rings. The number of nitrogens with one attached hydrogen (secondary N) is 2. The van der Waals surface area contributed by atoms with Crippen LogP contribution >= 0.6 is 22.6 Å². The predicted octanol–water partition coefficient (Wildman–Crippen LogP) is 4.79. The van der Waals surface area contributed by atoms with E-state index in [0.717, 1.165) is 9.13 Å². The molecule has 0 aromatic heterocycles. The van der Waals surface area contributed by atoms with Gasteiger partial charge in [0.15, 0.2) is 11.5 Å². The van der Waals surface area contributed by atoms with E-state index >= 15 is 0 Å². The van der Waals surface area contributed by atoms with Crippen LogP contribution in [0.15, 0.2) is 65.8 Å². The Morgan fingerprint density at radius 2 is 1.87 bits per heavy atom. The summed E-state index contributed by atoms with van der Waals surface area (Å²) in [7, 11) is 1.52. The molecule has 0 saturated heterocycles. The van der Waals surface area contributed by atoms with Crippen LogP contribution in [0.2, 0.25) is 0 Å². The largest absolute Gasteiger partial charge is 0.493 e. The van der Waals surface area contributed by atoms with Crippen LogP contribution in [0, 0.1) is 26.6 Å². The summed E-state index contributed by atoms with van der Waals surface area (Å²) in [6, 6.07) is 17.1. The molecule has 38 heavy (non-hydrogen) atoms. The van der Waals surface area contributed by atoms with E-state index in [1.165, 1.54) is 37.6 Å². The molecule has 3 aromatic rings. The summed E-state index contributed by atoms with van der Waals surface area (Å²) in [6.45, 7) is 3.78. The summed E-state index contributed by atoms with van der Waals surface area (Å²) in [4.78, 5) is 25.2. The van der Waals surface area contributed by atoms with Gasteiger partial charge in [-0.1, -0.05) is 32.0 Å². The standard InChI is InChI=1S/C28H26FIN4O4/c1-17(2)25(33-27(35)19-8-10-22(29)11-9-19)28(36)34-32-15-18-12-23(30)26(24(13-18)37-3)38-16-21-7-5-4-6-20(21)14-31/h4-13,15,17,25H,16H2,1-3H3,(H,33,35)(H,34,36). The number of carbonyl (C=O) groups excluding carboxylic acids is 2. The van der Waals surface area contributed by atoms with E-state index in [4.69, 9.17) is 9.47 Å². The summed E-state index contributed by atoms with van der Waals surface area (Å²) in [5.74, 6) is -0.682. The molecular weight excluding hydrogens is 602 g/mol. The zero-order valence-electron chi connectivity index (χ0n) is 21.0. The summed E-state index contributed by atoms with van der Waals surface area (Å²) < 4.78 is 25.3. The Bertz CT molecular complexity index is 1370. The van der Waals surface area contributed by atoms with E-state index in [2.05, 4.69) is 44.5 Å². The number of halogens is 2. The molecule has 2 N–H and O–H groups in total. The lowest BCUT2D eigenvalue weighted by atomic mass is 10.0. The molecule has 3 aromatic carbocycles. The SMILES string of the molecule is COc1cc(C=NNC(=O)C(NC(=O)c2ccc(F)cc2)C(C)C)cc(I)c1OCc1ccccc1C#N. The maximum Gasteiger partial charge on any atom is 0.262 e. The molecule has 196 valence electrons. The maximum atomic E-state index is 13.1. The van der Waals surface area contributed by atoms with Crippen LogP contribution in [0.4, 0.5) is 4.39 Å². The molecule has 0 radical (unpaired) electrons. The van der Waals surface area contributed by atoms with E-state index in [1.54, 1.807) is 38.1 Å². The van der Waals surface area contributed by atoms with Gasteiger partial charge in [-0.15, -0.1) is 0 Å². The number of nitrogens with zero attached hydrogens (tertiary/aromatic N) is 2. The minimum absolute atomic E-state index is 0.194. The van der Waals surface area contributed by atoms with Gasteiger partial charge in [-0.2, -0.15) is 10.4 Å². The summed E-state index contributed by atoms with van der Waals surface area (Å²) in [6.07, 6.45) is 1.45. The number of amides is 2. The molecule has 10 heteroatoms. The average molecular weight is 628 g/mol. The Balaban J connectivity index is 1.67. The quantitative estimate of drug-likeness (QED) is 0.191. The average Bonchev–Trinajstić information content (AvgIpc) is 2.90. The fraction of sp³-hybridized carbons (Fsp3) is 0.214. The van der Waals surface area contributed by atoms with Crippen molar-refractivity contribution in [2.75, 3.05) is 7.11 Å². The lowest BCUT2D eigenvalue weighted by Crippen LogP contribution is -2.48. The van der Waals surface area contributed by atoms with E-state index in [9.17, 15) is 19.2 Å². The number of methoxy groups -OCH3 is 1. The highest BCUT2D eigenvalue weighted by molar-refractivity contribution is 14.1. The van der Waals surface area contributed by atoms with E-state index in [-0.39, 0.29) is 18.1 Å². The van der Waals surface area contributed by atoms with Crippen LogP contribution in [-0.4, -0.2) is 31.2 Å². The summed E-state index contributed by atoms with van der Waals surface area (Å²) in [5.41, 5.74) is 4.64. The molecular formula is C28H26FIN4O4. The second kappa shape index (κ2) is 13.5. The molecule has 2 amide bonds. The number of nitriles is 1. The number of benzene rings is 3. The van der Waals surface area contributed by atoms with Gasteiger partial charge >= 0.3 is 0 Å². The number of rotatable bonds is 10. The first-order chi connectivity index (χ1) is 18.2. The van der Waals surface area contributed by atoms with Crippen molar-refractivity contribution in [2.24, 2.45) is 11.0 Å². The summed E-state index contributed by atoms with van der Waals surface area (Å²) in [5, 5.41) is 16.0. The number of hydrazone groups is 1. The molecule has 0 aliphatic carbocycles. The monoisotopic (exact) mass is 628 g/mol. The van der Waals surface area contributed by atoms with Crippen molar-refractivity contribution in [1.29, 1.82) is 5.26 Å². The zero-order chi connectivity index (χ0) is 27.7. The van der Waals surface area contributed by atoms with Gasteiger partial charge in [-0.25, -0.2) is 9.82 Å². The molecule has 0 saturated carbocycles. The molecule has 0 fully saturated rings. The fourth-order valence-corrected chi connectivity index (χ4v) is 4.24. The van der Waals surface area contributed by atoms with Crippen LogP contribution in [0.1, 0.15) is 40.9 Å². The second-order valence-electron chi connectivity index (χ2n) is 8.53. The van der Waals surface area contributed by atoms with Crippen LogP contribution in [0.25, 0.3) is 0 Å². The first-order valence-corrected chi connectivity index (χ1v) is 12.7. The fourth-order valence-electron chi connectivity index (χ4n) is 3.46. The minimum atomic E-state index is -0.855. The highest BCUT2D eigenvalue weighted by Gasteiger charge is 2.24. The molecule has 0 aliphatic heterocycles. The lowest BCUT2D eigenvalue weighted by Gasteiger charge is -2.20. The van der Waals surface area contributed by atoms with E-state index in [1.807, 2.05) is 12.1 Å². The Morgan fingerprint density at radius 1 is 1.16 bits per heavy atom. The molecule has 1 unspecified atom stereocenters. The molecule has 1 atom stereocenters. The van der Waals surface area contributed by atoms with Crippen LogP contribution in [0.3, 0.4) is 0 Å². The van der Waals surface area contributed by atoms with Gasteiger partial charge in [-0.05, 0) is 76.5 Å². The third-order valence-electron chi connectivity index (χ3n) is 5.49. The summed E-state index contributed by atoms with van der Waals surface area (Å²) >= 11 is 2.11. The maximum absolute atomic E-state index is 13.1. The van der Waals surface area contributed by atoms with Crippen molar-refractivity contribution >= 4 is 40.6 Å². The Hall–Kier alpha value is -3.98. The van der Waals surface area contributed by atoms with Crippen LogP contribution in [-0.2, 0) is 11.4 Å². The topological polar surface area (TPSA) is 113 Å². The van der Waals surface area contributed by atoms with Gasteiger partial charge < -0.3 is 14.8 Å². The third-order valence-corrected chi connectivity index (χ3v) is 6.29. The second-order valence-corrected chi connectivity index (χ2v) is 9.69. The van der Waals surface area contributed by atoms with E-state index < -0.39 is 23.7 Å². The Labute approximate surface area is 234 Å². The Kier molecular flexibility index (Phi) is 10.2. The normalized spacial score (nSPS) is 11.6. The minimum Gasteiger partial charge on any atom is -0.493 e. The van der Waals surface area contributed by atoms with Crippen molar-refractivity contribution in [3.8, 4) is 17.6 Å². The number of ether oxygens (including phenoxy) is 2. The number of carbonyl (C=O) groups is 2. The van der Waals surface area contributed by atoms with Crippen molar-refractivity contribution in [2.45, 2.75) is 26.5 Å². The van der Waals surface area contributed by atoms with E-state index in [0.29, 0.717) is 22.6 Å². The van der Waals surface area contributed by atoms with Gasteiger partial charge in [0.2, 0.25) is 0 Å². The predicted molar refractivity (Wildman–Crippen MR) is 149 cm³/mol. The molecule has 3 rings (SSSR count). The van der Waals surface area contributed by atoms with Gasteiger partial charge in [-0.3, -0.25) is 9.59 Å². The van der Waals surface area contributed by atoms with Gasteiger partial charge in [0, 0.05) is 11.1 Å². The van der Waals surface area contributed by atoms with Gasteiger partial charge in [0.1, 0.15) is 18.5 Å². The Morgan fingerprint density at radius 3 is 2.53 bits per heavy atom. The molecule has 0 bridgehead atoms.